The molecular formula is C29H33F2N3O. The third kappa shape index (κ3) is 6.31. The molecule has 0 N–H and O–H groups in total. The van der Waals surface area contributed by atoms with Crippen molar-refractivity contribution in [2.45, 2.75) is 39.8 Å². The van der Waals surface area contributed by atoms with Gasteiger partial charge in [-0.3, -0.25) is 14.7 Å². The molecule has 2 heterocycles. The highest BCUT2D eigenvalue weighted by molar-refractivity contribution is 5.78. The van der Waals surface area contributed by atoms with Crippen molar-refractivity contribution in [2.24, 2.45) is 11.8 Å². The Balaban J connectivity index is 1.58. The average Bonchev–Trinajstić information content (AvgIpc) is 3.23. The Hall–Kier alpha value is -3.12. The van der Waals surface area contributed by atoms with Gasteiger partial charge in [-0.15, -0.1) is 0 Å². The number of benzene rings is 2. The molecule has 0 saturated carbocycles. The summed E-state index contributed by atoms with van der Waals surface area (Å²) in [6, 6.07) is 16.6. The molecule has 1 fully saturated rings. The van der Waals surface area contributed by atoms with Crippen LogP contribution in [0.1, 0.15) is 42.0 Å². The summed E-state index contributed by atoms with van der Waals surface area (Å²) in [5.41, 5.74) is 4.20. The summed E-state index contributed by atoms with van der Waals surface area (Å²) in [7, 11) is 0. The van der Waals surface area contributed by atoms with Crippen molar-refractivity contribution in [3.8, 4) is 0 Å². The summed E-state index contributed by atoms with van der Waals surface area (Å²) in [6.45, 7) is 9.18. The lowest BCUT2D eigenvalue weighted by Crippen LogP contribution is -2.39. The smallest absolute Gasteiger partial charge is 0.225 e. The lowest BCUT2D eigenvalue weighted by atomic mass is 9.88. The largest absolute Gasteiger partial charge is 0.338 e. The number of carbonyl (C=O) groups is 1. The van der Waals surface area contributed by atoms with E-state index in [9.17, 15) is 13.6 Å². The number of pyridine rings is 1. The van der Waals surface area contributed by atoms with Gasteiger partial charge < -0.3 is 4.90 Å². The molecule has 1 amide bonds. The number of halogens is 2. The van der Waals surface area contributed by atoms with Crippen LogP contribution in [0.15, 0.2) is 67.0 Å². The van der Waals surface area contributed by atoms with Crippen molar-refractivity contribution >= 4 is 5.91 Å². The van der Waals surface area contributed by atoms with E-state index in [1.807, 2.05) is 37.1 Å². The predicted molar refractivity (Wildman–Crippen MR) is 134 cm³/mol. The summed E-state index contributed by atoms with van der Waals surface area (Å²) in [6.07, 6.45) is 3.54. The second kappa shape index (κ2) is 11.1. The zero-order chi connectivity index (χ0) is 24.9. The van der Waals surface area contributed by atoms with Crippen molar-refractivity contribution in [1.29, 1.82) is 0 Å². The molecule has 1 aromatic heterocycles. The highest BCUT2D eigenvalue weighted by Crippen LogP contribution is 2.35. The number of hydrogen-bond acceptors (Lipinski definition) is 3. The van der Waals surface area contributed by atoms with Gasteiger partial charge in [0, 0.05) is 57.0 Å². The third-order valence-electron chi connectivity index (χ3n) is 6.77. The monoisotopic (exact) mass is 477 g/mol. The van der Waals surface area contributed by atoms with E-state index >= 15 is 0 Å². The zero-order valence-corrected chi connectivity index (χ0v) is 20.6. The van der Waals surface area contributed by atoms with Crippen LogP contribution in [0.2, 0.25) is 0 Å². The van der Waals surface area contributed by atoms with Gasteiger partial charge in [0.1, 0.15) is 0 Å². The van der Waals surface area contributed by atoms with E-state index in [1.54, 1.807) is 12.3 Å². The standard InChI is InChI=1S/C29H33F2N3O/c1-20(2)29(35)34(16-23-5-4-12-32-14-23)18-25-17-33(15-22-8-11-27(30)28(31)13-22)19-26(25)24-9-6-21(3)7-10-24/h4-14,20,25-26H,15-19H2,1-3H3. The molecule has 2 atom stereocenters. The fourth-order valence-corrected chi connectivity index (χ4v) is 4.95. The number of rotatable bonds is 8. The highest BCUT2D eigenvalue weighted by atomic mass is 19.2. The van der Waals surface area contributed by atoms with Gasteiger partial charge in [0.15, 0.2) is 11.6 Å². The molecule has 35 heavy (non-hydrogen) atoms. The van der Waals surface area contributed by atoms with Crippen LogP contribution in [0.3, 0.4) is 0 Å². The maximum absolute atomic E-state index is 13.8. The lowest BCUT2D eigenvalue weighted by Gasteiger charge is -2.30. The number of likely N-dealkylation sites (tertiary alicyclic amines) is 1. The Morgan fingerprint density at radius 2 is 1.83 bits per heavy atom. The molecule has 4 nitrogen and oxygen atoms in total. The molecule has 6 heteroatoms. The van der Waals surface area contributed by atoms with E-state index in [-0.39, 0.29) is 23.7 Å². The highest BCUT2D eigenvalue weighted by Gasteiger charge is 2.36. The van der Waals surface area contributed by atoms with Crippen LogP contribution in [-0.4, -0.2) is 40.3 Å². The quantitative estimate of drug-likeness (QED) is 0.426. The first kappa shape index (κ1) is 25.0. The van der Waals surface area contributed by atoms with Crippen LogP contribution >= 0.6 is 0 Å². The molecule has 2 unspecified atom stereocenters. The minimum Gasteiger partial charge on any atom is -0.338 e. The third-order valence-corrected chi connectivity index (χ3v) is 6.77. The molecular weight excluding hydrogens is 444 g/mol. The Labute approximate surface area is 206 Å². The van der Waals surface area contributed by atoms with Gasteiger partial charge in [0.2, 0.25) is 5.91 Å². The number of carbonyl (C=O) groups excluding carboxylic acids is 1. The average molecular weight is 478 g/mol. The second-order valence-electron chi connectivity index (χ2n) is 9.95. The van der Waals surface area contributed by atoms with Gasteiger partial charge in [-0.2, -0.15) is 0 Å². The summed E-state index contributed by atoms with van der Waals surface area (Å²) < 4.78 is 27.2. The van der Waals surface area contributed by atoms with E-state index in [4.69, 9.17) is 0 Å². The first-order chi connectivity index (χ1) is 16.8. The molecule has 1 aliphatic rings. The minimum atomic E-state index is -0.830. The first-order valence-electron chi connectivity index (χ1n) is 12.2. The van der Waals surface area contributed by atoms with Crippen LogP contribution in [0.4, 0.5) is 8.78 Å². The molecule has 3 aromatic rings. The molecule has 2 aromatic carbocycles. The van der Waals surface area contributed by atoms with Crippen LogP contribution in [-0.2, 0) is 17.9 Å². The molecule has 0 spiro atoms. The first-order valence-corrected chi connectivity index (χ1v) is 12.2. The summed E-state index contributed by atoms with van der Waals surface area (Å²) in [4.78, 5) is 21.6. The number of aromatic nitrogens is 1. The number of nitrogens with zero attached hydrogens (tertiary/aromatic N) is 3. The van der Waals surface area contributed by atoms with Crippen LogP contribution in [0.25, 0.3) is 0 Å². The van der Waals surface area contributed by atoms with Crippen molar-refractivity contribution < 1.29 is 13.6 Å². The molecule has 1 aliphatic heterocycles. The van der Waals surface area contributed by atoms with E-state index in [1.165, 1.54) is 23.3 Å². The molecule has 4 rings (SSSR count). The normalized spacial score (nSPS) is 18.2. The van der Waals surface area contributed by atoms with Gasteiger partial charge in [-0.1, -0.05) is 55.8 Å². The maximum Gasteiger partial charge on any atom is 0.225 e. The van der Waals surface area contributed by atoms with Gasteiger partial charge in [0.05, 0.1) is 0 Å². The second-order valence-corrected chi connectivity index (χ2v) is 9.95. The van der Waals surface area contributed by atoms with E-state index in [2.05, 4.69) is 41.1 Å². The van der Waals surface area contributed by atoms with E-state index < -0.39 is 11.6 Å². The predicted octanol–water partition coefficient (Wildman–Crippen LogP) is 5.57. The van der Waals surface area contributed by atoms with E-state index in [0.29, 0.717) is 19.6 Å². The molecule has 184 valence electrons. The molecule has 0 bridgehead atoms. The zero-order valence-electron chi connectivity index (χ0n) is 20.6. The SMILES string of the molecule is Cc1ccc(C2CN(Cc3ccc(F)c(F)c3)CC2CN(Cc2cccnc2)C(=O)C(C)C)cc1. The summed E-state index contributed by atoms with van der Waals surface area (Å²) in [5.74, 6) is -1.19. The maximum atomic E-state index is 13.8. The molecule has 0 aliphatic carbocycles. The number of hydrogen-bond donors (Lipinski definition) is 0. The van der Waals surface area contributed by atoms with Crippen molar-refractivity contribution in [3.63, 3.8) is 0 Å². The summed E-state index contributed by atoms with van der Waals surface area (Å²) in [5, 5.41) is 0. The van der Waals surface area contributed by atoms with Crippen LogP contribution in [0, 0.1) is 30.4 Å². The van der Waals surface area contributed by atoms with Gasteiger partial charge in [0.25, 0.3) is 0 Å². The fourth-order valence-electron chi connectivity index (χ4n) is 4.95. The van der Waals surface area contributed by atoms with Gasteiger partial charge >= 0.3 is 0 Å². The minimum absolute atomic E-state index is 0.107. The van der Waals surface area contributed by atoms with Crippen molar-refractivity contribution in [1.82, 2.24) is 14.8 Å². The Morgan fingerprint density at radius 1 is 1.06 bits per heavy atom. The van der Waals surface area contributed by atoms with Gasteiger partial charge in [-0.25, -0.2) is 8.78 Å². The Kier molecular flexibility index (Phi) is 7.91. The lowest BCUT2D eigenvalue weighted by molar-refractivity contribution is -0.135. The Morgan fingerprint density at radius 3 is 2.49 bits per heavy atom. The van der Waals surface area contributed by atoms with E-state index in [0.717, 1.165) is 24.2 Å². The van der Waals surface area contributed by atoms with Crippen molar-refractivity contribution in [3.05, 3.63) is 101 Å². The summed E-state index contributed by atoms with van der Waals surface area (Å²) >= 11 is 0. The topological polar surface area (TPSA) is 36.4 Å². The fraction of sp³-hybridized carbons (Fsp3) is 0.379. The van der Waals surface area contributed by atoms with Crippen molar-refractivity contribution in [2.75, 3.05) is 19.6 Å². The van der Waals surface area contributed by atoms with Gasteiger partial charge in [-0.05, 0) is 47.7 Å². The van der Waals surface area contributed by atoms with Crippen LogP contribution in [0.5, 0.6) is 0 Å². The molecule has 0 radical (unpaired) electrons. The Bertz CT molecular complexity index is 1130. The number of amides is 1. The number of aryl methyl sites for hydroxylation is 1. The molecule has 1 saturated heterocycles. The van der Waals surface area contributed by atoms with Crippen LogP contribution < -0.4 is 0 Å².